The molecule has 12 nitrogen and oxygen atoms in total. The first-order chi connectivity index (χ1) is 35.7. The van der Waals surface area contributed by atoms with Crippen LogP contribution in [0.4, 0.5) is 22.9 Å². The van der Waals surface area contributed by atoms with Crippen LogP contribution < -0.4 is 19.7 Å². The molecule has 12 heteroatoms. The normalized spacial score (nSPS) is 15.1. The average molecular weight is 999 g/mol. The van der Waals surface area contributed by atoms with E-state index in [9.17, 15) is 9.59 Å². The number of esters is 1. The molecule has 1 aromatic heterocycles. The Kier molecular flexibility index (Phi) is 18.7. The largest absolute Gasteiger partial charge is 0.487 e. The van der Waals surface area contributed by atoms with Crippen molar-refractivity contribution in [2.75, 3.05) is 56.8 Å². The summed E-state index contributed by atoms with van der Waals surface area (Å²) in [4.78, 5) is 35.4. The van der Waals surface area contributed by atoms with Crippen molar-refractivity contribution < 1.29 is 38.2 Å². The molecule has 0 saturated carbocycles. The number of aliphatic carboxylic acids is 1. The number of rotatable bonds is 26. The van der Waals surface area contributed by atoms with Crippen molar-refractivity contribution in [1.29, 1.82) is 0 Å². The van der Waals surface area contributed by atoms with Crippen LogP contribution in [0, 0.1) is 26.2 Å². The first-order valence-corrected chi connectivity index (χ1v) is 25.8. The summed E-state index contributed by atoms with van der Waals surface area (Å²) in [6.07, 6.45) is 27.6. The highest BCUT2D eigenvalue weighted by molar-refractivity contribution is 6.03. The summed E-state index contributed by atoms with van der Waals surface area (Å²) in [7, 11) is 1.61. The third-order valence-electron chi connectivity index (χ3n) is 13.7. The number of carboxylic acid groups (broad SMARTS) is 1. The van der Waals surface area contributed by atoms with Gasteiger partial charge in [-0.3, -0.25) is 9.59 Å². The van der Waals surface area contributed by atoms with Crippen molar-refractivity contribution in [2.45, 2.75) is 104 Å². The van der Waals surface area contributed by atoms with Gasteiger partial charge in [0.2, 0.25) is 5.69 Å². The molecular formula is C62H72N5O7+. The highest BCUT2D eigenvalue weighted by Crippen LogP contribution is 2.48. The number of fused-ring (bicyclic) bond motifs is 3. The summed E-state index contributed by atoms with van der Waals surface area (Å²) in [6, 6.07) is 24.6. The van der Waals surface area contributed by atoms with Crippen molar-refractivity contribution in [3.63, 3.8) is 0 Å². The summed E-state index contributed by atoms with van der Waals surface area (Å²) < 4.78 is 25.4. The van der Waals surface area contributed by atoms with E-state index in [1.807, 2.05) is 30.3 Å². The van der Waals surface area contributed by atoms with Crippen LogP contribution in [-0.2, 0) is 29.9 Å². The fourth-order valence-corrected chi connectivity index (χ4v) is 9.81. The molecule has 2 N–H and O–H groups in total. The lowest BCUT2D eigenvalue weighted by molar-refractivity contribution is -0.438. The second-order valence-electron chi connectivity index (χ2n) is 20.0. The number of allylic oxidation sites excluding steroid dienone is 8. The Bertz CT molecular complexity index is 3010. The van der Waals surface area contributed by atoms with Crippen LogP contribution in [0.5, 0.6) is 11.5 Å². The van der Waals surface area contributed by atoms with Gasteiger partial charge in [-0.1, -0.05) is 92.0 Å². The van der Waals surface area contributed by atoms with Gasteiger partial charge in [-0.15, -0.1) is 6.42 Å². The highest BCUT2D eigenvalue weighted by Gasteiger charge is 2.44. The Morgan fingerprint density at radius 1 is 0.770 bits per heavy atom. The van der Waals surface area contributed by atoms with Crippen molar-refractivity contribution in [3.8, 4) is 23.8 Å². The third-order valence-corrected chi connectivity index (χ3v) is 13.7. The standard InChI is InChI=1S/C62H71N5O7/c1-9-46-22-21-23-47(40-46)65-60-48-41-54(55(72-35-34-71-8)42-51(48)63-43-64-60)73-36-37-74-59(70)27-18-14-20-33-67-53-31-29-45(3)39-50(53)62(6,7)57(67)25-16-12-10-11-15-24-56-61(4,5)49-38-44(2)28-30-52(49)66(56)32-19-13-17-26-58(68)69/h1,10-12,15-16,21-25,28-31,38-43H,13-14,17-20,26-27,32-37H2,2-8H3,(H-,63,64,65,68,69)/p+1. The van der Waals surface area contributed by atoms with Crippen LogP contribution in [-0.4, -0.2) is 83.9 Å². The summed E-state index contributed by atoms with van der Waals surface area (Å²) in [6.45, 7) is 16.0. The number of nitrogens with zero attached hydrogens (tertiary/aromatic N) is 4. The number of benzene rings is 4. The zero-order valence-electron chi connectivity index (χ0n) is 44.2. The molecule has 0 aliphatic carbocycles. The molecule has 0 amide bonds. The molecule has 5 aromatic rings. The molecule has 0 radical (unpaired) electrons. The van der Waals surface area contributed by atoms with Crippen molar-refractivity contribution in [2.24, 2.45) is 0 Å². The quantitative estimate of drug-likeness (QED) is 0.0180. The number of carbonyl (C=O) groups is 2. The lowest BCUT2D eigenvalue weighted by Crippen LogP contribution is -2.28. The van der Waals surface area contributed by atoms with Crippen LogP contribution in [0.15, 0.2) is 127 Å². The molecule has 2 aliphatic heterocycles. The first kappa shape index (κ1) is 54.3. The molecule has 0 fully saturated rings. The number of hydrogen-bond donors (Lipinski definition) is 2. The van der Waals surface area contributed by atoms with Gasteiger partial charge in [-0.05, 0) is 101 Å². The van der Waals surface area contributed by atoms with Crippen molar-refractivity contribution in [3.05, 3.63) is 155 Å². The molecule has 0 bridgehead atoms. The number of aromatic nitrogens is 2. The third kappa shape index (κ3) is 13.6. The Hall–Kier alpha value is -7.49. The number of carboxylic acids is 1. The lowest BCUT2D eigenvalue weighted by Gasteiger charge is -2.27. The number of terminal acetylenes is 1. The molecule has 3 heterocycles. The molecule has 4 aromatic carbocycles. The maximum absolute atomic E-state index is 12.9. The van der Waals surface area contributed by atoms with E-state index < -0.39 is 5.97 Å². The van der Waals surface area contributed by atoms with Gasteiger partial charge in [0.1, 0.15) is 38.5 Å². The van der Waals surface area contributed by atoms with Crippen LogP contribution in [0.25, 0.3) is 10.9 Å². The number of carbonyl (C=O) groups excluding carboxylic acids is 1. The van der Waals surface area contributed by atoms with E-state index in [4.69, 9.17) is 30.5 Å². The van der Waals surface area contributed by atoms with Gasteiger partial charge in [0.05, 0.1) is 17.5 Å². The Labute approximate surface area is 437 Å². The van der Waals surface area contributed by atoms with E-state index in [1.54, 1.807) is 13.2 Å². The minimum Gasteiger partial charge on any atom is -0.487 e. The minimum atomic E-state index is -0.736. The van der Waals surface area contributed by atoms with Gasteiger partial charge in [0.25, 0.3) is 0 Å². The predicted octanol–water partition coefficient (Wildman–Crippen LogP) is 12.6. The van der Waals surface area contributed by atoms with Gasteiger partial charge >= 0.3 is 11.9 Å². The topological polar surface area (TPSA) is 135 Å². The monoisotopic (exact) mass is 999 g/mol. The summed E-state index contributed by atoms with van der Waals surface area (Å²) >= 11 is 0. The van der Waals surface area contributed by atoms with Gasteiger partial charge in [0.15, 0.2) is 17.2 Å². The fraction of sp³-hybridized carbons (Fsp3) is 0.371. The van der Waals surface area contributed by atoms with Crippen LogP contribution in [0.1, 0.15) is 107 Å². The van der Waals surface area contributed by atoms with Gasteiger partial charge in [-0.2, -0.15) is 4.58 Å². The highest BCUT2D eigenvalue weighted by atomic mass is 16.6. The van der Waals surface area contributed by atoms with Crippen LogP contribution >= 0.6 is 0 Å². The van der Waals surface area contributed by atoms with Crippen LogP contribution in [0.2, 0.25) is 0 Å². The van der Waals surface area contributed by atoms with E-state index >= 15 is 0 Å². The second kappa shape index (κ2) is 25.4. The average Bonchev–Trinajstić information content (AvgIpc) is 3.71. The number of nitrogens with one attached hydrogen (secondary N) is 1. The molecule has 74 heavy (non-hydrogen) atoms. The maximum atomic E-state index is 12.9. The van der Waals surface area contributed by atoms with Crippen molar-refractivity contribution in [1.82, 2.24) is 9.97 Å². The Morgan fingerprint density at radius 2 is 1.49 bits per heavy atom. The van der Waals surface area contributed by atoms with Gasteiger partial charge < -0.3 is 34.3 Å². The summed E-state index contributed by atoms with van der Waals surface area (Å²) in [5, 5.41) is 13.2. The number of methoxy groups -OCH3 is 1. The lowest BCUT2D eigenvalue weighted by atomic mass is 9.81. The minimum absolute atomic E-state index is 0.0828. The molecule has 0 atom stereocenters. The molecule has 386 valence electrons. The molecule has 0 unspecified atom stereocenters. The number of anilines is 3. The van der Waals surface area contributed by atoms with E-state index in [0.29, 0.717) is 55.3 Å². The Morgan fingerprint density at radius 3 is 2.27 bits per heavy atom. The zero-order valence-corrected chi connectivity index (χ0v) is 44.2. The number of unbranched alkanes of at least 4 members (excludes halogenated alkanes) is 4. The molecule has 0 spiro atoms. The SMILES string of the molecule is C#Cc1cccc(Nc2ncnc3cc(OCCOC)c(OCCOC(=O)CCCCCN4C(=CC=CC=CC=CC5=[N+](CCCCCC(=O)O)c6ccc(C)cc6C5(C)C)C(C)(C)c5cc(C)ccc54)cc23)c1. The molecule has 7 rings (SSSR count). The van der Waals surface area contributed by atoms with Crippen molar-refractivity contribution >= 4 is 51.4 Å². The van der Waals surface area contributed by atoms with Crippen LogP contribution in [0.3, 0.4) is 0 Å². The first-order valence-electron chi connectivity index (χ1n) is 25.8. The van der Waals surface area contributed by atoms with E-state index in [-0.39, 0.29) is 36.4 Å². The predicted molar refractivity (Wildman–Crippen MR) is 297 cm³/mol. The fourth-order valence-electron chi connectivity index (χ4n) is 9.81. The summed E-state index contributed by atoms with van der Waals surface area (Å²) in [5.41, 5.74) is 11.9. The number of ether oxygens (including phenoxy) is 4. The molecule has 0 saturated heterocycles. The number of aryl methyl sites for hydroxylation is 2. The van der Waals surface area contributed by atoms with Gasteiger partial charge in [-0.25, -0.2) is 9.97 Å². The second-order valence-corrected chi connectivity index (χ2v) is 20.0. The maximum Gasteiger partial charge on any atom is 0.305 e. The zero-order chi connectivity index (χ0) is 52.7. The van der Waals surface area contributed by atoms with Gasteiger partial charge in [0, 0.05) is 90.1 Å². The summed E-state index contributed by atoms with van der Waals surface area (Å²) in [5.74, 6) is 3.19. The molecule has 2 aliphatic rings. The van der Waals surface area contributed by atoms with E-state index in [2.05, 4.69) is 151 Å². The number of hydrogen-bond acceptors (Lipinski definition) is 10. The van der Waals surface area contributed by atoms with E-state index in [1.165, 1.54) is 51.4 Å². The Balaban J connectivity index is 0.925. The van der Waals surface area contributed by atoms with E-state index in [0.717, 1.165) is 55.4 Å². The molecular weight excluding hydrogens is 927 g/mol. The smallest absolute Gasteiger partial charge is 0.305 e.